The zero-order chi connectivity index (χ0) is 13.3. The van der Waals surface area contributed by atoms with Crippen molar-refractivity contribution in [2.24, 2.45) is 0 Å². The standard InChI is InChI=1S/C10H21N3O3S/c1-8-7-13(6-5-11-8)9(14)10(2,3)12-17(4,15)16/h8,11-12H,5-7H2,1-4H3/t8-/m0/s1. The maximum atomic E-state index is 12.2. The second-order valence-corrected chi connectivity index (χ2v) is 6.85. The molecule has 0 spiro atoms. The maximum Gasteiger partial charge on any atom is 0.243 e. The number of amides is 1. The lowest BCUT2D eigenvalue weighted by molar-refractivity contribution is -0.137. The van der Waals surface area contributed by atoms with Crippen LogP contribution in [-0.4, -0.2) is 56.7 Å². The van der Waals surface area contributed by atoms with E-state index in [4.69, 9.17) is 0 Å². The van der Waals surface area contributed by atoms with Crippen LogP contribution in [0, 0.1) is 0 Å². The molecule has 1 heterocycles. The van der Waals surface area contributed by atoms with E-state index in [0.29, 0.717) is 13.1 Å². The molecular weight excluding hydrogens is 242 g/mol. The minimum Gasteiger partial charge on any atom is -0.338 e. The van der Waals surface area contributed by atoms with Gasteiger partial charge in [-0.15, -0.1) is 0 Å². The van der Waals surface area contributed by atoms with Gasteiger partial charge in [0.25, 0.3) is 0 Å². The summed E-state index contributed by atoms with van der Waals surface area (Å²) in [5.74, 6) is -0.184. The van der Waals surface area contributed by atoms with E-state index < -0.39 is 15.6 Å². The molecule has 100 valence electrons. The largest absolute Gasteiger partial charge is 0.338 e. The van der Waals surface area contributed by atoms with E-state index in [1.165, 1.54) is 0 Å². The summed E-state index contributed by atoms with van der Waals surface area (Å²) in [6.07, 6.45) is 1.06. The highest BCUT2D eigenvalue weighted by atomic mass is 32.2. The predicted molar refractivity (Wildman–Crippen MR) is 66.1 cm³/mol. The van der Waals surface area contributed by atoms with Gasteiger partial charge in [0.05, 0.1) is 6.26 Å². The summed E-state index contributed by atoms with van der Waals surface area (Å²) in [4.78, 5) is 13.9. The quantitative estimate of drug-likeness (QED) is 0.694. The van der Waals surface area contributed by atoms with Crippen molar-refractivity contribution < 1.29 is 13.2 Å². The van der Waals surface area contributed by atoms with E-state index in [0.717, 1.165) is 12.8 Å². The molecule has 0 aromatic carbocycles. The van der Waals surface area contributed by atoms with E-state index in [9.17, 15) is 13.2 Å². The topological polar surface area (TPSA) is 78.5 Å². The predicted octanol–water partition coefficient (Wildman–Crippen LogP) is -0.865. The zero-order valence-electron chi connectivity index (χ0n) is 10.8. The summed E-state index contributed by atoms with van der Waals surface area (Å²) >= 11 is 0. The van der Waals surface area contributed by atoms with Gasteiger partial charge >= 0.3 is 0 Å². The Morgan fingerprint density at radius 3 is 2.53 bits per heavy atom. The summed E-state index contributed by atoms with van der Waals surface area (Å²) in [6.45, 7) is 7.12. The lowest BCUT2D eigenvalue weighted by Gasteiger charge is -2.37. The van der Waals surface area contributed by atoms with Crippen molar-refractivity contribution in [1.82, 2.24) is 14.9 Å². The average Bonchev–Trinajstić information content (AvgIpc) is 2.12. The van der Waals surface area contributed by atoms with E-state index >= 15 is 0 Å². The molecule has 7 heteroatoms. The normalized spacial score (nSPS) is 22.6. The molecule has 1 atom stereocenters. The number of carbonyl (C=O) groups is 1. The zero-order valence-corrected chi connectivity index (χ0v) is 11.6. The van der Waals surface area contributed by atoms with Crippen LogP contribution in [0.5, 0.6) is 0 Å². The van der Waals surface area contributed by atoms with Crippen LogP contribution in [0.2, 0.25) is 0 Å². The van der Waals surface area contributed by atoms with E-state index in [-0.39, 0.29) is 11.9 Å². The second-order valence-electron chi connectivity index (χ2n) is 5.11. The van der Waals surface area contributed by atoms with Crippen molar-refractivity contribution in [2.75, 3.05) is 25.9 Å². The van der Waals surface area contributed by atoms with Crippen molar-refractivity contribution in [3.8, 4) is 0 Å². The van der Waals surface area contributed by atoms with Gasteiger partial charge in [-0.3, -0.25) is 4.79 Å². The molecule has 0 unspecified atom stereocenters. The molecule has 1 aliphatic heterocycles. The van der Waals surface area contributed by atoms with Gasteiger partial charge in [0.2, 0.25) is 15.9 Å². The van der Waals surface area contributed by atoms with Crippen LogP contribution >= 0.6 is 0 Å². The molecule has 1 aliphatic rings. The van der Waals surface area contributed by atoms with Gasteiger partial charge in [-0.1, -0.05) is 0 Å². The first-order chi connectivity index (χ1) is 7.62. The minimum atomic E-state index is -3.39. The highest BCUT2D eigenvalue weighted by Gasteiger charge is 2.35. The monoisotopic (exact) mass is 263 g/mol. The first kappa shape index (κ1) is 14.4. The molecule has 0 radical (unpaired) electrons. The van der Waals surface area contributed by atoms with Crippen LogP contribution in [0.25, 0.3) is 0 Å². The van der Waals surface area contributed by atoms with Crippen molar-refractivity contribution in [2.45, 2.75) is 32.4 Å². The fourth-order valence-electron chi connectivity index (χ4n) is 2.02. The third kappa shape index (κ3) is 4.25. The number of hydrogen-bond acceptors (Lipinski definition) is 4. The number of nitrogens with one attached hydrogen (secondary N) is 2. The minimum absolute atomic E-state index is 0.184. The fraction of sp³-hybridized carbons (Fsp3) is 0.900. The first-order valence-electron chi connectivity index (χ1n) is 5.63. The van der Waals surface area contributed by atoms with Crippen LogP contribution in [-0.2, 0) is 14.8 Å². The average molecular weight is 263 g/mol. The van der Waals surface area contributed by atoms with Crippen LogP contribution in [0.3, 0.4) is 0 Å². The van der Waals surface area contributed by atoms with Gasteiger partial charge in [-0.25, -0.2) is 13.1 Å². The molecular formula is C10H21N3O3S. The number of carbonyl (C=O) groups excluding carboxylic acids is 1. The van der Waals surface area contributed by atoms with Gasteiger partial charge < -0.3 is 10.2 Å². The van der Waals surface area contributed by atoms with Crippen molar-refractivity contribution in [1.29, 1.82) is 0 Å². The number of hydrogen-bond donors (Lipinski definition) is 2. The van der Waals surface area contributed by atoms with Crippen LogP contribution in [0.15, 0.2) is 0 Å². The Kier molecular flexibility index (Phi) is 4.16. The number of sulfonamides is 1. The molecule has 1 amide bonds. The summed E-state index contributed by atoms with van der Waals surface area (Å²) < 4.78 is 24.8. The molecule has 6 nitrogen and oxygen atoms in total. The number of rotatable bonds is 3. The first-order valence-corrected chi connectivity index (χ1v) is 7.53. The lowest BCUT2D eigenvalue weighted by Crippen LogP contribution is -2.60. The summed E-state index contributed by atoms with van der Waals surface area (Å²) in [5, 5.41) is 3.23. The van der Waals surface area contributed by atoms with Gasteiger partial charge in [0.15, 0.2) is 0 Å². The Bertz CT molecular complexity index is 392. The van der Waals surface area contributed by atoms with Crippen LogP contribution in [0.1, 0.15) is 20.8 Å². The molecule has 0 aromatic rings. The highest BCUT2D eigenvalue weighted by molar-refractivity contribution is 7.88. The smallest absolute Gasteiger partial charge is 0.243 e. The molecule has 1 fully saturated rings. The van der Waals surface area contributed by atoms with E-state index in [1.807, 2.05) is 6.92 Å². The molecule has 1 saturated heterocycles. The Balaban J connectivity index is 2.74. The second kappa shape index (κ2) is 4.91. The summed E-state index contributed by atoms with van der Waals surface area (Å²) in [6, 6.07) is 0.238. The Labute approximate surface area is 103 Å². The van der Waals surface area contributed by atoms with Gasteiger partial charge in [0, 0.05) is 25.7 Å². The maximum absolute atomic E-state index is 12.2. The molecule has 0 aromatic heterocycles. The molecule has 17 heavy (non-hydrogen) atoms. The SMILES string of the molecule is C[C@H]1CN(C(=O)C(C)(C)NS(C)(=O)=O)CCN1. The van der Waals surface area contributed by atoms with Crippen molar-refractivity contribution in [3.05, 3.63) is 0 Å². The molecule has 0 bridgehead atoms. The Morgan fingerprint density at radius 2 is 2.06 bits per heavy atom. The van der Waals surface area contributed by atoms with Gasteiger partial charge in [-0.2, -0.15) is 0 Å². The third-order valence-electron chi connectivity index (χ3n) is 2.63. The fourth-order valence-corrected chi connectivity index (χ4v) is 3.03. The highest BCUT2D eigenvalue weighted by Crippen LogP contribution is 2.11. The van der Waals surface area contributed by atoms with Gasteiger partial charge in [0.1, 0.15) is 5.54 Å². The molecule has 2 N–H and O–H groups in total. The van der Waals surface area contributed by atoms with Crippen LogP contribution in [0.4, 0.5) is 0 Å². The summed E-state index contributed by atoms with van der Waals surface area (Å²) in [5.41, 5.74) is -1.09. The lowest BCUT2D eigenvalue weighted by atomic mass is 10.0. The Hall–Kier alpha value is -0.660. The van der Waals surface area contributed by atoms with E-state index in [2.05, 4.69) is 10.0 Å². The third-order valence-corrected chi connectivity index (χ3v) is 3.51. The molecule has 0 saturated carbocycles. The van der Waals surface area contributed by atoms with E-state index in [1.54, 1.807) is 18.7 Å². The Morgan fingerprint density at radius 1 is 1.47 bits per heavy atom. The molecule has 0 aliphatic carbocycles. The molecule has 1 rings (SSSR count). The number of nitrogens with zero attached hydrogens (tertiary/aromatic N) is 1. The van der Waals surface area contributed by atoms with Crippen LogP contribution < -0.4 is 10.0 Å². The van der Waals surface area contributed by atoms with Crippen molar-refractivity contribution >= 4 is 15.9 Å². The van der Waals surface area contributed by atoms with Crippen molar-refractivity contribution in [3.63, 3.8) is 0 Å². The summed E-state index contributed by atoms with van der Waals surface area (Å²) in [7, 11) is -3.39. The number of piperazine rings is 1. The van der Waals surface area contributed by atoms with Gasteiger partial charge in [-0.05, 0) is 20.8 Å².